The van der Waals surface area contributed by atoms with Gasteiger partial charge in [-0.15, -0.1) is 11.3 Å². The van der Waals surface area contributed by atoms with Crippen molar-refractivity contribution >= 4 is 41.2 Å². The summed E-state index contributed by atoms with van der Waals surface area (Å²) in [6.45, 7) is 3.86. The van der Waals surface area contributed by atoms with Gasteiger partial charge in [-0.25, -0.2) is 0 Å². The third-order valence-corrected chi connectivity index (χ3v) is 4.47. The lowest BCUT2D eigenvalue weighted by Gasteiger charge is -2.17. The summed E-state index contributed by atoms with van der Waals surface area (Å²) >= 11 is 7.67. The Balaban J connectivity index is 2.00. The highest BCUT2D eigenvalue weighted by Gasteiger charge is 2.11. The SMILES string of the molecule is CCC(CCc1ccsc1Cl)Nc1nc(C)nc(NC=O)n1. The van der Waals surface area contributed by atoms with E-state index in [0.717, 1.165) is 23.6 Å². The van der Waals surface area contributed by atoms with Crippen molar-refractivity contribution < 1.29 is 4.79 Å². The first-order chi connectivity index (χ1) is 10.6. The topological polar surface area (TPSA) is 79.8 Å². The molecule has 2 N–H and O–H groups in total. The Labute approximate surface area is 138 Å². The van der Waals surface area contributed by atoms with E-state index in [0.29, 0.717) is 18.2 Å². The minimum atomic E-state index is 0.224. The fourth-order valence-electron chi connectivity index (χ4n) is 2.05. The lowest BCUT2D eigenvalue weighted by molar-refractivity contribution is -0.105. The van der Waals surface area contributed by atoms with Crippen molar-refractivity contribution in [1.82, 2.24) is 15.0 Å². The predicted octanol–water partition coefficient (Wildman–Crippen LogP) is 3.29. The average Bonchev–Trinajstić information content (AvgIpc) is 2.88. The lowest BCUT2D eigenvalue weighted by atomic mass is 10.1. The highest BCUT2D eigenvalue weighted by Crippen LogP contribution is 2.24. The molecule has 6 nitrogen and oxygen atoms in total. The molecule has 1 amide bonds. The minimum absolute atomic E-state index is 0.224. The Bertz CT molecular complexity index is 633. The number of nitrogens with zero attached hydrogens (tertiary/aromatic N) is 3. The van der Waals surface area contributed by atoms with Gasteiger partial charge in [0.25, 0.3) is 0 Å². The number of carbonyl (C=O) groups is 1. The van der Waals surface area contributed by atoms with Gasteiger partial charge in [-0.2, -0.15) is 15.0 Å². The molecule has 0 radical (unpaired) electrons. The summed E-state index contributed by atoms with van der Waals surface area (Å²) in [6, 6.07) is 2.28. The van der Waals surface area contributed by atoms with Gasteiger partial charge in [-0.1, -0.05) is 18.5 Å². The van der Waals surface area contributed by atoms with Gasteiger partial charge in [0.2, 0.25) is 18.3 Å². The van der Waals surface area contributed by atoms with Crippen LogP contribution in [0.3, 0.4) is 0 Å². The molecule has 2 rings (SSSR count). The van der Waals surface area contributed by atoms with Gasteiger partial charge in [0.1, 0.15) is 5.82 Å². The molecule has 0 aliphatic carbocycles. The molecule has 0 fully saturated rings. The monoisotopic (exact) mass is 339 g/mol. The fourth-order valence-corrected chi connectivity index (χ4v) is 3.04. The quantitative estimate of drug-likeness (QED) is 0.721. The smallest absolute Gasteiger partial charge is 0.234 e. The van der Waals surface area contributed by atoms with Crippen LogP contribution in [-0.2, 0) is 11.2 Å². The molecule has 2 aromatic heterocycles. The van der Waals surface area contributed by atoms with E-state index in [1.807, 2.05) is 5.38 Å². The molecule has 1 atom stereocenters. The fraction of sp³-hybridized carbons (Fsp3) is 0.429. The first-order valence-corrected chi connectivity index (χ1v) is 8.29. The zero-order valence-corrected chi connectivity index (χ0v) is 14.0. The van der Waals surface area contributed by atoms with E-state index in [9.17, 15) is 4.79 Å². The molecule has 0 saturated heterocycles. The van der Waals surface area contributed by atoms with Crippen LogP contribution >= 0.6 is 22.9 Å². The van der Waals surface area contributed by atoms with Crippen LogP contribution in [0.5, 0.6) is 0 Å². The zero-order valence-electron chi connectivity index (χ0n) is 12.5. The Kier molecular flexibility index (Phi) is 6.09. The predicted molar refractivity (Wildman–Crippen MR) is 89.6 cm³/mol. The second kappa shape index (κ2) is 8.05. The van der Waals surface area contributed by atoms with Crippen LogP contribution in [-0.4, -0.2) is 27.4 Å². The number of hydrogen-bond donors (Lipinski definition) is 2. The Morgan fingerprint density at radius 1 is 1.36 bits per heavy atom. The van der Waals surface area contributed by atoms with E-state index < -0.39 is 0 Å². The van der Waals surface area contributed by atoms with Crippen LogP contribution in [0.1, 0.15) is 31.2 Å². The first-order valence-electron chi connectivity index (χ1n) is 7.03. The maximum Gasteiger partial charge on any atom is 0.234 e. The summed E-state index contributed by atoms with van der Waals surface area (Å²) in [4.78, 5) is 23.0. The maximum absolute atomic E-state index is 10.5. The van der Waals surface area contributed by atoms with E-state index in [2.05, 4.69) is 38.6 Å². The van der Waals surface area contributed by atoms with Gasteiger partial charge in [0, 0.05) is 6.04 Å². The molecule has 0 bridgehead atoms. The molecule has 0 saturated carbocycles. The summed E-state index contributed by atoms with van der Waals surface area (Å²) in [5.41, 5.74) is 1.17. The number of rotatable bonds is 8. The van der Waals surface area contributed by atoms with Crippen LogP contribution in [0.25, 0.3) is 0 Å². The van der Waals surface area contributed by atoms with Gasteiger partial charge in [0.15, 0.2) is 0 Å². The van der Waals surface area contributed by atoms with Crippen molar-refractivity contribution in [3.8, 4) is 0 Å². The third-order valence-electron chi connectivity index (χ3n) is 3.22. The maximum atomic E-state index is 10.5. The Morgan fingerprint density at radius 2 is 2.14 bits per heavy atom. The summed E-state index contributed by atoms with van der Waals surface area (Å²) < 4.78 is 0.850. The van der Waals surface area contributed by atoms with Crippen LogP contribution in [0.2, 0.25) is 4.34 Å². The van der Waals surface area contributed by atoms with Gasteiger partial charge in [-0.05, 0) is 43.2 Å². The molecule has 8 heteroatoms. The highest BCUT2D eigenvalue weighted by atomic mass is 35.5. The normalized spacial score (nSPS) is 12.0. The molecule has 0 spiro atoms. The number of nitrogens with one attached hydrogen (secondary N) is 2. The number of hydrogen-bond acceptors (Lipinski definition) is 6. The average molecular weight is 340 g/mol. The van der Waals surface area contributed by atoms with Crippen LogP contribution in [0, 0.1) is 6.92 Å². The number of halogens is 1. The second-order valence-electron chi connectivity index (χ2n) is 4.80. The van der Waals surface area contributed by atoms with Crippen molar-refractivity contribution in [3.05, 3.63) is 27.2 Å². The number of aromatic nitrogens is 3. The van der Waals surface area contributed by atoms with E-state index in [1.165, 1.54) is 5.56 Å². The number of anilines is 2. The largest absolute Gasteiger partial charge is 0.351 e. The summed E-state index contributed by atoms with van der Waals surface area (Å²) in [5.74, 6) is 1.28. The van der Waals surface area contributed by atoms with Crippen LogP contribution in [0.15, 0.2) is 11.4 Å². The molecule has 0 aliphatic rings. The Morgan fingerprint density at radius 3 is 2.77 bits per heavy atom. The number of thiophene rings is 1. The van der Waals surface area contributed by atoms with Crippen molar-refractivity contribution in [2.45, 2.75) is 39.2 Å². The van der Waals surface area contributed by atoms with E-state index in [-0.39, 0.29) is 12.0 Å². The summed E-state index contributed by atoms with van der Waals surface area (Å²) in [5, 5.41) is 7.73. The molecule has 2 aromatic rings. The number of aryl methyl sites for hydroxylation is 2. The van der Waals surface area contributed by atoms with Gasteiger partial charge < -0.3 is 5.32 Å². The molecular formula is C14H18ClN5OS. The number of carbonyl (C=O) groups excluding carboxylic acids is 1. The minimum Gasteiger partial charge on any atom is -0.351 e. The van der Waals surface area contributed by atoms with E-state index in [1.54, 1.807) is 18.3 Å². The lowest BCUT2D eigenvalue weighted by Crippen LogP contribution is -2.21. The Hall–Kier alpha value is -1.73. The third kappa shape index (κ3) is 4.64. The molecular weight excluding hydrogens is 322 g/mol. The zero-order chi connectivity index (χ0) is 15.9. The van der Waals surface area contributed by atoms with E-state index in [4.69, 9.17) is 11.6 Å². The molecule has 2 heterocycles. The van der Waals surface area contributed by atoms with Crippen molar-refractivity contribution in [2.75, 3.05) is 10.6 Å². The van der Waals surface area contributed by atoms with Crippen LogP contribution in [0.4, 0.5) is 11.9 Å². The number of amides is 1. The van der Waals surface area contributed by atoms with E-state index >= 15 is 0 Å². The van der Waals surface area contributed by atoms with Gasteiger partial charge in [0.05, 0.1) is 4.34 Å². The highest BCUT2D eigenvalue weighted by molar-refractivity contribution is 7.14. The summed E-state index contributed by atoms with van der Waals surface area (Å²) in [6.07, 6.45) is 3.31. The summed E-state index contributed by atoms with van der Waals surface area (Å²) in [7, 11) is 0. The first kappa shape index (κ1) is 16.6. The van der Waals surface area contributed by atoms with Crippen molar-refractivity contribution in [3.63, 3.8) is 0 Å². The molecule has 1 unspecified atom stereocenters. The molecule has 118 valence electrons. The second-order valence-corrected chi connectivity index (χ2v) is 6.32. The molecule has 0 aliphatic heterocycles. The van der Waals surface area contributed by atoms with Gasteiger partial charge in [-0.3, -0.25) is 10.1 Å². The molecule has 22 heavy (non-hydrogen) atoms. The van der Waals surface area contributed by atoms with Crippen molar-refractivity contribution in [2.24, 2.45) is 0 Å². The van der Waals surface area contributed by atoms with Crippen molar-refractivity contribution in [1.29, 1.82) is 0 Å². The molecule has 0 aromatic carbocycles. The van der Waals surface area contributed by atoms with Gasteiger partial charge >= 0.3 is 0 Å². The standard InChI is InChI=1S/C14H18ClN5OS/c1-3-11(5-4-10-6-7-22-12(10)15)19-14-18-9(2)17-13(20-14)16-8-21/h6-8,11H,3-5H2,1-2H3,(H2,16,17,18,19,20,21). The van der Waals surface area contributed by atoms with Crippen LogP contribution < -0.4 is 10.6 Å².